The predicted molar refractivity (Wildman–Crippen MR) is 51.1 cm³/mol. The van der Waals surface area contributed by atoms with E-state index in [9.17, 15) is 0 Å². The van der Waals surface area contributed by atoms with Crippen LogP contribution in [-0.2, 0) is 0 Å². The predicted octanol–water partition coefficient (Wildman–Crippen LogP) is 1.49. The summed E-state index contributed by atoms with van der Waals surface area (Å²) in [7, 11) is 0.417. The fourth-order valence-electron chi connectivity index (χ4n) is 0. The monoisotopic (exact) mass is 316 g/mol. The molecule has 0 saturated carbocycles. The van der Waals surface area contributed by atoms with Crippen LogP contribution >= 0.6 is 48.0 Å². The van der Waals surface area contributed by atoms with Gasteiger partial charge in [-0.25, -0.2) is 0 Å². The minimum atomic E-state index is 0. The highest BCUT2D eigenvalue weighted by Crippen LogP contribution is 1.36. The average Bonchev–Trinajstić information content (AvgIpc) is 0.918. The van der Waals surface area contributed by atoms with Crippen molar-refractivity contribution < 1.29 is 0 Å². The van der Waals surface area contributed by atoms with Crippen molar-refractivity contribution in [3.05, 3.63) is 0 Å². The lowest BCUT2D eigenvalue weighted by atomic mass is 11.9. The lowest BCUT2D eigenvalue weighted by Gasteiger charge is -1.45. The Kier molecular flexibility index (Phi) is 55.2. The molecule has 0 heterocycles. The van der Waals surface area contributed by atoms with Gasteiger partial charge in [0.25, 0.3) is 0 Å². The van der Waals surface area contributed by atoms with Crippen molar-refractivity contribution in [1.29, 1.82) is 0 Å². The zero-order valence-corrected chi connectivity index (χ0v) is 9.60. The zero-order chi connectivity index (χ0) is 2.71. The van der Waals surface area contributed by atoms with Gasteiger partial charge in [0.05, 0.1) is 0 Å². The summed E-state index contributed by atoms with van der Waals surface area (Å²) in [5, 5.41) is 0. The summed E-state index contributed by atoms with van der Waals surface area (Å²) in [5.41, 5.74) is 0. The molecule has 0 N–H and O–H groups in total. The zero-order valence-electron chi connectivity index (χ0n) is 3.52. The molecule has 0 bridgehead atoms. The van der Waals surface area contributed by atoms with Gasteiger partial charge in [-0.1, -0.05) is 13.1 Å². The Bertz CT molecular complexity index is 7.61. The molecule has 5 heavy (non-hydrogen) atoms. The molecule has 0 aromatic heterocycles. The largest absolute Gasteiger partial charge is 0.107 e. The van der Waals surface area contributed by atoms with Gasteiger partial charge >= 0.3 is 0 Å². The van der Waals surface area contributed by atoms with E-state index in [1.807, 2.05) is 0 Å². The lowest BCUT2D eigenvalue weighted by molar-refractivity contribution is 2.14. The highest BCUT2D eigenvalue weighted by Gasteiger charge is 1.38. The Morgan fingerprint density at radius 1 is 1.00 bits per heavy atom. The molecule has 0 aliphatic heterocycles. The highest BCUT2D eigenvalue weighted by atomic mass is 127. The number of hydrogen-bond donors (Lipinski definition) is 0. The topological polar surface area (TPSA) is 0 Å². The Labute approximate surface area is 70.0 Å². The molecule has 0 fully saturated rings. The summed E-state index contributed by atoms with van der Waals surface area (Å²) in [5.74, 6) is 0. The van der Waals surface area contributed by atoms with E-state index in [2.05, 4.69) is 13.1 Å². The van der Waals surface area contributed by atoms with Crippen LogP contribution in [0.3, 0.4) is 0 Å². The molecule has 0 radical (unpaired) electrons. The summed E-state index contributed by atoms with van der Waals surface area (Å²) >= 11 is 0. The van der Waals surface area contributed by atoms with Crippen molar-refractivity contribution >= 4 is 57.5 Å². The van der Waals surface area contributed by atoms with Crippen molar-refractivity contribution in [3.63, 3.8) is 0 Å². The molecule has 0 rings (SSSR count). The lowest BCUT2D eigenvalue weighted by Crippen LogP contribution is -1.53. The van der Waals surface area contributed by atoms with Crippen LogP contribution in [0, 0.1) is 0 Å². The molecule has 0 spiro atoms. The molecule has 0 unspecified atom stereocenters. The molecule has 0 aromatic rings. The summed E-state index contributed by atoms with van der Waals surface area (Å²) in [6, 6.07) is 0. The van der Waals surface area contributed by atoms with Gasteiger partial charge in [0.1, 0.15) is 0 Å². The van der Waals surface area contributed by atoms with Crippen LogP contribution < -0.4 is 0 Å². The van der Waals surface area contributed by atoms with Gasteiger partial charge in [0.2, 0.25) is 0 Å². The number of rotatable bonds is 0. The van der Waals surface area contributed by atoms with Crippen molar-refractivity contribution in [2.24, 2.45) is 0 Å². The first-order valence-corrected chi connectivity index (χ1v) is 4.24. The summed E-state index contributed by atoms with van der Waals surface area (Å²) < 4.78 is 0. The first-order valence-electron chi connectivity index (χ1n) is 1.41. The standard InChI is InChI=1S/C2H8Si.2HI/c1-3-2;;/h3H2,1-2H3;2*1H. The first kappa shape index (κ1) is 15.9. The molecular formula is C2H10I2Si. The second-order valence-corrected chi connectivity index (χ2v) is 2.12. The van der Waals surface area contributed by atoms with Crippen LogP contribution in [0.15, 0.2) is 0 Å². The first-order chi connectivity index (χ1) is 1.41. The quantitative estimate of drug-likeness (QED) is 0.469. The van der Waals surface area contributed by atoms with Crippen LogP contribution in [0.25, 0.3) is 0 Å². The summed E-state index contributed by atoms with van der Waals surface area (Å²) in [6.07, 6.45) is 0. The maximum absolute atomic E-state index is 2.26. The molecular weight excluding hydrogens is 306 g/mol. The van der Waals surface area contributed by atoms with Crippen molar-refractivity contribution in [1.82, 2.24) is 0 Å². The number of halogens is 2. The summed E-state index contributed by atoms with van der Waals surface area (Å²) in [4.78, 5) is 0. The Hall–Kier alpha value is 1.68. The second kappa shape index (κ2) is 17.3. The van der Waals surface area contributed by atoms with Crippen LogP contribution in [0.1, 0.15) is 0 Å². The molecule has 0 atom stereocenters. The number of hydrogen-bond acceptors (Lipinski definition) is 0. The maximum Gasteiger partial charge on any atom is 0.0135 e. The normalized spacial score (nSPS) is 3.60. The average molecular weight is 316 g/mol. The van der Waals surface area contributed by atoms with E-state index >= 15 is 0 Å². The SMILES string of the molecule is C[SiH2]C.I.I. The van der Waals surface area contributed by atoms with Crippen LogP contribution in [-0.4, -0.2) is 9.52 Å². The van der Waals surface area contributed by atoms with Crippen molar-refractivity contribution in [2.45, 2.75) is 13.1 Å². The molecule has 0 nitrogen and oxygen atoms in total. The minimum absolute atomic E-state index is 0. The van der Waals surface area contributed by atoms with Gasteiger partial charge in [-0.15, -0.1) is 48.0 Å². The van der Waals surface area contributed by atoms with E-state index in [4.69, 9.17) is 0 Å². The third-order valence-corrected chi connectivity index (χ3v) is 0. The smallest absolute Gasteiger partial charge is 0.0135 e. The van der Waals surface area contributed by atoms with Crippen LogP contribution in [0.5, 0.6) is 0 Å². The fourth-order valence-corrected chi connectivity index (χ4v) is 0. The Morgan fingerprint density at radius 2 is 1.00 bits per heavy atom. The molecule has 0 amide bonds. The van der Waals surface area contributed by atoms with Crippen LogP contribution in [0.4, 0.5) is 0 Å². The third-order valence-electron chi connectivity index (χ3n) is 0. The fraction of sp³-hybridized carbons (Fsp3) is 1.00. The van der Waals surface area contributed by atoms with Gasteiger partial charge < -0.3 is 0 Å². The Balaban J connectivity index is -0.0000000200. The molecule has 36 valence electrons. The van der Waals surface area contributed by atoms with Crippen molar-refractivity contribution in [3.8, 4) is 0 Å². The second-order valence-electron chi connectivity index (χ2n) is 0.707. The Morgan fingerprint density at radius 3 is 1.00 bits per heavy atom. The van der Waals surface area contributed by atoms with Gasteiger partial charge in [-0.3, -0.25) is 0 Å². The van der Waals surface area contributed by atoms with E-state index in [-0.39, 0.29) is 48.0 Å². The molecule has 0 aromatic carbocycles. The van der Waals surface area contributed by atoms with E-state index < -0.39 is 0 Å². The molecule has 3 heteroatoms. The van der Waals surface area contributed by atoms with E-state index in [0.717, 1.165) is 0 Å². The summed E-state index contributed by atoms with van der Waals surface area (Å²) in [6.45, 7) is 4.53. The van der Waals surface area contributed by atoms with E-state index in [1.165, 1.54) is 0 Å². The minimum Gasteiger partial charge on any atom is -0.107 e. The third kappa shape index (κ3) is 27.3. The van der Waals surface area contributed by atoms with Gasteiger partial charge in [0.15, 0.2) is 0 Å². The maximum atomic E-state index is 2.26. The van der Waals surface area contributed by atoms with Gasteiger partial charge in [-0.05, 0) is 0 Å². The van der Waals surface area contributed by atoms with E-state index in [1.54, 1.807) is 0 Å². The molecule has 0 saturated heterocycles. The highest BCUT2D eigenvalue weighted by molar-refractivity contribution is 14.0. The molecule has 0 aliphatic rings. The van der Waals surface area contributed by atoms with Crippen molar-refractivity contribution in [2.75, 3.05) is 0 Å². The van der Waals surface area contributed by atoms with Gasteiger partial charge in [0, 0.05) is 9.52 Å². The van der Waals surface area contributed by atoms with Gasteiger partial charge in [-0.2, -0.15) is 0 Å². The van der Waals surface area contributed by atoms with E-state index in [0.29, 0.717) is 9.52 Å². The van der Waals surface area contributed by atoms with Crippen LogP contribution in [0.2, 0.25) is 13.1 Å². The molecule has 0 aliphatic carbocycles.